The zero-order valence-corrected chi connectivity index (χ0v) is 12.2. The van der Waals surface area contributed by atoms with E-state index in [0.717, 1.165) is 0 Å². The first-order chi connectivity index (χ1) is 7.36. The Morgan fingerprint density at radius 1 is 1.06 bits per heavy atom. The third-order valence-corrected chi connectivity index (χ3v) is 2.02. The molecule has 0 aliphatic rings. The first-order valence-electron chi connectivity index (χ1n) is 4.69. The predicted octanol–water partition coefficient (Wildman–Crippen LogP) is -0.172. The average molecular weight is 305 g/mol. The Balaban J connectivity index is 0.00000128. The van der Waals surface area contributed by atoms with Crippen LogP contribution in [0.3, 0.4) is 0 Å². The van der Waals surface area contributed by atoms with Gasteiger partial charge in [-0.1, -0.05) is 18.2 Å². The van der Waals surface area contributed by atoms with Gasteiger partial charge in [-0.15, -0.1) is 12.1 Å². The third-order valence-electron chi connectivity index (χ3n) is 2.02. The van der Waals surface area contributed by atoms with E-state index < -0.39 is 0 Å². The first kappa shape index (κ1) is 16.4. The molecule has 0 amide bonds. The van der Waals surface area contributed by atoms with Gasteiger partial charge in [-0.25, -0.2) is 4.39 Å². The van der Waals surface area contributed by atoms with E-state index in [1.165, 1.54) is 6.07 Å². The number of rotatable bonds is 3. The van der Waals surface area contributed by atoms with Gasteiger partial charge in [0.15, 0.2) is 0 Å². The van der Waals surface area contributed by atoms with Crippen molar-refractivity contribution in [2.45, 2.75) is 6.61 Å². The van der Waals surface area contributed by atoms with E-state index in [4.69, 9.17) is 4.74 Å². The molecule has 2 aromatic rings. The van der Waals surface area contributed by atoms with Gasteiger partial charge in [0, 0.05) is 11.3 Å². The van der Waals surface area contributed by atoms with E-state index in [9.17, 15) is 4.39 Å². The van der Waals surface area contributed by atoms with Gasteiger partial charge in [0.05, 0.1) is 0 Å². The topological polar surface area (TPSA) is 9.23 Å². The predicted molar refractivity (Wildman–Crippen MR) is 61.8 cm³/mol. The van der Waals surface area contributed by atoms with Gasteiger partial charge in [0.1, 0.15) is 12.4 Å². The minimum absolute atomic E-state index is 0. The summed E-state index contributed by atoms with van der Waals surface area (Å²) in [7, 11) is 0. The van der Waals surface area contributed by atoms with Crippen LogP contribution in [-0.2, 0) is 6.61 Å². The minimum Gasteiger partial charge on any atom is -1.00 e. The molecule has 4 heteroatoms. The maximum atomic E-state index is 13.2. The molecule has 0 aromatic heterocycles. The van der Waals surface area contributed by atoms with Crippen molar-refractivity contribution in [1.82, 2.24) is 0 Å². The van der Waals surface area contributed by atoms with Gasteiger partial charge in [0.25, 0.3) is 0 Å². The molecule has 0 spiro atoms. The Bertz CT molecular complexity index is 436. The van der Waals surface area contributed by atoms with Gasteiger partial charge >= 0.3 is 23.1 Å². The van der Waals surface area contributed by atoms with Crippen LogP contribution in [0.1, 0.15) is 5.56 Å². The van der Waals surface area contributed by atoms with E-state index in [-0.39, 0.29) is 52.5 Å². The number of hydrogen-bond acceptors (Lipinski definition) is 1. The van der Waals surface area contributed by atoms with Crippen LogP contribution in [0.5, 0.6) is 5.75 Å². The Morgan fingerprint density at radius 3 is 2.41 bits per heavy atom. The van der Waals surface area contributed by atoms with E-state index in [1.54, 1.807) is 30.3 Å². The van der Waals surface area contributed by atoms with Crippen molar-refractivity contribution in [3.8, 4) is 5.75 Å². The van der Waals surface area contributed by atoms with E-state index >= 15 is 0 Å². The third kappa shape index (κ3) is 5.06. The van der Waals surface area contributed by atoms with Crippen LogP contribution in [0.25, 0.3) is 0 Å². The van der Waals surface area contributed by atoms with Crippen LogP contribution >= 0.6 is 0 Å². The maximum absolute atomic E-state index is 13.2. The summed E-state index contributed by atoms with van der Waals surface area (Å²) in [6.07, 6.45) is 0. The standard InChI is InChI=1S/C13H10FO.BrH.Mg/c14-13-9-5-4-6-11(13)10-15-12-7-2-1-3-8-12;;/h1-7,9H,10H2;1H;/q-1;;+2/p-1. The Kier molecular flexibility index (Phi) is 8.21. The number of para-hydroxylation sites is 1. The van der Waals surface area contributed by atoms with Gasteiger partial charge in [-0.2, -0.15) is 18.2 Å². The Labute approximate surface area is 127 Å². The number of halogens is 2. The fourth-order valence-electron chi connectivity index (χ4n) is 1.24. The molecule has 0 bridgehead atoms. The summed E-state index contributed by atoms with van der Waals surface area (Å²) in [5, 5.41) is 0. The zero-order valence-electron chi connectivity index (χ0n) is 9.20. The largest absolute Gasteiger partial charge is 2.00 e. The van der Waals surface area contributed by atoms with Crippen LogP contribution < -0.4 is 21.7 Å². The molecule has 0 radical (unpaired) electrons. The van der Waals surface area contributed by atoms with Gasteiger partial charge in [-0.3, -0.25) is 0 Å². The van der Waals surface area contributed by atoms with Crippen molar-refractivity contribution < 1.29 is 26.1 Å². The molecule has 0 N–H and O–H groups in total. The molecule has 0 fully saturated rings. The molecule has 0 saturated heterocycles. The van der Waals surface area contributed by atoms with Crippen LogP contribution in [0.4, 0.5) is 4.39 Å². The molecule has 0 heterocycles. The molecule has 0 saturated carbocycles. The summed E-state index contributed by atoms with van der Waals surface area (Å²) < 4.78 is 18.6. The molecule has 17 heavy (non-hydrogen) atoms. The number of benzene rings is 2. The van der Waals surface area contributed by atoms with E-state index in [1.807, 2.05) is 12.1 Å². The summed E-state index contributed by atoms with van der Waals surface area (Å²) in [5.74, 6) is 0.384. The van der Waals surface area contributed by atoms with Crippen LogP contribution in [-0.4, -0.2) is 23.1 Å². The van der Waals surface area contributed by atoms with E-state index in [0.29, 0.717) is 11.3 Å². The second-order valence-electron chi connectivity index (χ2n) is 3.11. The second-order valence-corrected chi connectivity index (χ2v) is 3.11. The van der Waals surface area contributed by atoms with Crippen molar-refractivity contribution >= 4 is 23.1 Å². The molecule has 0 atom stereocenters. The maximum Gasteiger partial charge on any atom is 2.00 e. The van der Waals surface area contributed by atoms with Gasteiger partial charge < -0.3 is 21.7 Å². The average Bonchev–Trinajstić information content (AvgIpc) is 2.29. The summed E-state index contributed by atoms with van der Waals surface area (Å²) in [6, 6.07) is 16.8. The molecule has 84 valence electrons. The quantitative estimate of drug-likeness (QED) is 0.565. The van der Waals surface area contributed by atoms with Crippen molar-refractivity contribution in [2.24, 2.45) is 0 Å². The van der Waals surface area contributed by atoms with Crippen molar-refractivity contribution in [1.29, 1.82) is 0 Å². The number of hydrogen-bond donors (Lipinski definition) is 0. The smallest absolute Gasteiger partial charge is 1.00 e. The van der Waals surface area contributed by atoms with Crippen LogP contribution in [0, 0.1) is 11.9 Å². The fraction of sp³-hybridized carbons (Fsp3) is 0.0769. The monoisotopic (exact) mass is 304 g/mol. The number of ether oxygens (including phenoxy) is 1. The minimum atomic E-state index is -0.242. The summed E-state index contributed by atoms with van der Waals surface area (Å²) in [5.41, 5.74) is 0.551. The summed E-state index contributed by atoms with van der Waals surface area (Å²) in [4.78, 5) is 0. The molecule has 2 rings (SSSR count). The van der Waals surface area contributed by atoms with Gasteiger partial charge in [0.2, 0.25) is 0 Å². The van der Waals surface area contributed by atoms with Crippen molar-refractivity contribution in [3.63, 3.8) is 0 Å². The fourth-order valence-corrected chi connectivity index (χ4v) is 1.24. The molecule has 0 aliphatic carbocycles. The second kappa shape index (κ2) is 8.50. The SMILES string of the molecule is Fc1ccccc1COc1[c-]cccc1.[Br-].[Mg+2]. The normalized spacial score (nSPS) is 8.76. The molecule has 0 unspecified atom stereocenters. The summed E-state index contributed by atoms with van der Waals surface area (Å²) >= 11 is 0. The molecule has 1 nitrogen and oxygen atoms in total. The zero-order chi connectivity index (χ0) is 10.5. The first-order valence-corrected chi connectivity index (χ1v) is 4.69. The van der Waals surface area contributed by atoms with Crippen molar-refractivity contribution in [2.75, 3.05) is 0 Å². The van der Waals surface area contributed by atoms with Crippen LogP contribution in [0.2, 0.25) is 0 Å². The van der Waals surface area contributed by atoms with Crippen LogP contribution in [0.15, 0.2) is 48.5 Å². The molecule has 2 aromatic carbocycles. The van der Waals surface area contributed by atoms with Gasteiger partial charge in [-0.05, 0) is 6.07 Å². The Hall–Kier alpha value is -0.584. The van der Waals surface area contributed by atoms with E-state index in [2.05, 4.69) is 6.07 Å². The molecular weight excluding hydrogens is 295 g/mol. The molecular formula is C13H10BrFMgO. The van der Waals surface area contributed by atoms with Crippen molar-refractivity contribution in [3.05, 3.63) is 66.0 Å². The Morgan fingerprint density at radius 2 is 1.76 bits per heavy atom. The summed E-state index contributed by atoms with van der Waals surface area (Å²) in [6.45, 7) is 0.229. The molecule has 0 aliphatic heterocycles.